The number of nitrogens with one attached hydrogen (secondary N) is 1. The van der Waals surface area contributed by atoms with Crippen LogP contribution in [0, 0.1) is 11.8 Å². The van der Waals surface area contributed by atoms with Gasteiger partial charge in [-0.25, -0.2) is 4.79 Å². The molecule has 136 valence electrons. The molecule has 1 aromatic heterocycles. The highest BCUT2D eigenvalue weighted by Gasteiger charge is 2.36. The normalized spacial score (nSPS) is 21.5. The predicted octanol–water partition coefficient (Wildman–Crippen LogP) is 2.36. The van der Waals surface area contributed by atoms with Crippen LogP contribution < -0.4 is 5.32 Å². The second-order valence-electron chi connectivity index (χ2n) is 7.25. The van der Waals surface area contributed by atoms with E-state index in [1.165, 1.54) is 0 Å². The molecule has 24 heavy (non-hydrogen) atoms. The monoisotopic (exact) mass is 355 g/mol. The molecular formula is C17H30ClN5O. The molecule has 0 radical (unpaired) electrons. The van der Waals surface area contributed by atoms with Crippen molar-refractivity contribution in [3.8, 4) is 0 Å². The van der Waals surface area contributed by atoms with Gasteiger partial charge in [0.25, 0.3) is 0 Å². The minimum absolute atomic E-state index is 0.0267. The van der Waals surface area contributed by atoms with Crippen LogP contribution in [0.15, 0.2) is 0 Å². The lowest BCUT2D eigenvalue weighted by Crippen LogP contribution is -2.46. The first-order valence-electron chi connectivity index (χ1n) is 8.65. The average molecular weight is 356 g/mol. The van der Waals surface area contributed by atoms with Crippen LogP contribution in [0.3, 0.4) is 0 Å². The zero-order valence-corrected chi connectivity index (χ0v) is 16.4. The summed E-state index contributed by atoms with van der Waals surface area (Å²) in [5, 5.41) is 8.38. The van der Waals surface area contributed by atoms with E-state index in [4.69, 9.17) is 11.6 Å². The number of likely N-dealkylation sites (tertiary alicyclic amines) is 1. The Morgan fingerprint density at radius 3 is 2.62 bits per heavy atom. The fourth-order valence-corrected chi connectivity index (χ4v) is 3.63. The number of urea groups is 1. The van der Waals surface area contributed by atoms with Crippen LogP contribution in [-0.4, -0.2) is 58.8 Å². The minimum atomic E-state index is -0.0267. The smallest absolute Gasteiger partial charge is 0.317 e. The van der Waals surface area contributed by atoms with E-state index in [0.717, 1.165) is 37.3 Å². The van der Waals surface area contributed by atoms with Gasteiger partial charge < -0.3 is 10.2 Å². The van der Waals surface area contributed by atoms with E-state index < -0.39 is 0 Å². The molecule has 1 N–H and O–H groups in total. The van der Waals surface area contributed by atoms with Gasteiger partial charge in [0.2, 0.25) is 0 Å². The highest BCUT2D eigenvalue weighted by molar-refractivity contribution is 6.30. The minimum Gasteiger partial charge on any atom is -0.334 e. The zero-order chi connectivity index (χ0) is 18.0. The maximum Gasteiger partial charge on any atom is 0.317 e. The van der Waals surface area contributed by atoms with Crippen LogP contribution in [0.25, 0.3) is 0 Å². The molecule has 0 aromatic carbocycles. The molecule has 2 amide bonds. The van der Waals surface area contributed by atoms with E-state index in [9.17, 15) is 4.79 Å². The quantitative estimate of drug-likeness (QED) is 0.882. The van der Waals surface area contributed by atoms with Crippen LogP contribution in [0.2, 0.25) is 5.15 Å². The van der Waals surface area contributed by atoms with Gasteiger partial charge in [0.05, 0.1) is 5.69 Å². The standard InChI is InChI=1S/C17H30ClN5O/c1-7-14-13(16(18)22(6)20-14)9-23-8-12(11(2)3)15(10-23)19-17(24)21(4)5/h11-12,15H,7-10H2,1-6H3,(H,19,24). The third kappa shape index (κ3) is 4.03. The van der Waals surface area contributed by atoms with E-state index in [1.54, 1.807) is 23.7 Å². The lowest BCUT2D eigenvalue weighted by atomic mass is 9.91. The number of amides is 2. The SMILES string of the molecule is CCc1nn(C)c(Cl)c1CN1CC(NC(=O)N(C)C)C(C(C)C)C1. The largest absolute Gasteiger partial charge is 0.334 e. The first kappa shape index (κ1) is 19.1. The summed E-state index contributed by atoms with van der Waals surface area (Å²) in [5.41, 5.74) is 2.17. The topological polar surface area (TPSA) is 53.4 Å². The number of hydrogen-bond donors (Lipinski definition) is 1. The van der Waals surface area contributed by atoms with Crippen LogP contribution in [-0.2, 0) is 20.0 Å². The molecule has 2 unspecified atom stereocenters. The molecule has 0 saturated carbocycles. The summed E-state index contributed by atoms with van der Waals surface area (Å²) in [4.78, 5) is 16.0. The van der Waals surface area contributed by atoms with Crippen molar-refractivity contribution < 1.29 is 4.79 Å². The second kappa shape index (κ2) is 7.74. The third-order valence-electron chi connectivity index (χ3n) is 4.88. The number of aromatic nitrogens is 2. The average Bonchev–Trinajstić information content (AvgIpc) is 3.03. The Bertz CT molecular complexity index is 584. The Balaban J connectivity index is 2.12. The van der Waals surface area contributed by atoms with E-state index in [1.807, 2.05) is 7.05 Å². The lowest BCUT2D eigenvalue weighted by molar-refractivity contribution is 0.207. The summed E-state index contributed by atoms with van der Waals surface area (Å²) in [7, 11) is 5.43. The number of nitrogens with zero attached hydrogens (tertiary/aromatic N) is 4. The fourth-order valence-electron chi connectivity index (χ4n) is 3.42. The van der Waals surface area contributed by atoms with E-state index in [0.29, 0.717) is 17.0 Å². The number of hydrogen-bond acceptors (Lipinski definition) is 3. The number of carbonyl (C=O) groups excluding carboxylic acids is 1. The van der Waals surface area contributed by atoms with Gasteiger partial charge in [0, 0.05) is 52.4 Å². The van der Waals surface area contributed by atoms with Gasteiger partial charge in [-0.1, -0.05) is 32.4 Å². The molecule has 0 bridgehead atoms. The predicted molar refractivity (Wildman–Crippen MR) is 97.2 cm³/mol. The van der Waals surface area contributed by atoms with Crippen molar-refractivity contribution in [3.05, 3.63) is 16.4 Å². The fraction of sp³-hybridized carbons (Fsp3) is 0.765. The van der Waals surface area contributed by atoms with Gasteiger partial charge in [0.15, 0.2) is 0 Å². The maximum absolute atomic E-state index is 12.1. The van der Waals surface area contributed by atoms with Crippen LogP contribution in [0.1, 0.15) is 32.0 Å². The first-order valence-corrected chi connectivity index (χ1v) is 9.02. The highest BCUT2D eigenvalue weighted by Crippen LogP contribution is 2.28. The Kier molecular flexibility index (Phi) is 6.15. The van der Waals surface area contributed by atoms with Gasteiger partial charge in [-0.2, -0.15) is 5.10 Å². The molecule has 1 aliphatic heterocycles. The molecule has 7 heteroatoms. The second-order valence-corrected chi connectivity index (χ2v) is 7.60. The Hall–Kier alpha value is -1.27. The molecule has 6 nitrogen and oxygen atoms in total. The molecule has 2 heterocycles. The van der Waals surface area contributed by atoms with E-state index in [-0.39, 0.29) is 12.1 Å². The summed E-state index contributed by atoms with van der Waals surface area (Å²) in [6, 6.07) is 0.140. The number of carbonyl (C=O) groups is 1. The van der Waals surface area contributed by atoms with Crippen molar-refractivity contribution in [3.63, 3.8) is 0 Å². The summed E-state index contributed by atoms with van der Waals surface area (Å²) in [6.45, 7) is 9.13. The lowest BCUT2D eigenvalue weighted by Gasteiger charge is -2.24. The molecule has 1 saturated heterocycles. The van der Waals surface area contributed by atoms with E-state index in [2.05, 4.69) is 36.1 Å². The van der Waals surface area contributed by atoms with Gasteiger partial charge in [-0.05, 0) is 18.3 Å². The zero-order valence-electron chi connectivity index (χ0n) is 15.6. The summed E-state index contributed by atoms with van der Waals surface area (Å²) in [5.74, 6) is 0.951. The van der Waals surface area contributed by atoms with Crippen molar-refractivity contribution in [2.24, 2.45) is 18.9 Å². The van der Waals surface area contributed by atoms with E-state index >= 15 is 0 Å². The van der Waals surface area contributed by atoms with Crippen LogP contribution >= 0.6 is 11.6 Å². The van der Waals surface area contributed by atoms with Crippen molar-refractivity contribution in [1.82, 2.24) is 24.9 Å². The number of rotatable bonds is 5. The van der Waals surface area contributed by atoms with Crippen molar-refractivity contribution in [2.45, 2.75) is 39.8 Å². The molecule has 0 aliphatic carbocycles. The summed E-state index contributed by atoms with van der Waals surface area (Å²) in [6.07, 6.45) is 0.873. The van der Waals surface area contributed by atoms with Crippen LogP contribution in [0.4, 0.5) is 4.79 Å². The van der Waals surface area contributed by atoms with Gasteiger partial charge in [-0.15, -0.1) is 0 Å². The third-order valence-corrected chi connectivity index (χ3v) is 5.35. The number of halogens is 1. The molecule has 1 aliphatic rings. The molecular weight excluding hydrogens is 326 g/mol. The molecule has 2 rings (SSSR count). The number of aryl methyl sites for hydroxylation is 2. The maximum atomic E-state index is 12.1. The Morgan fingerprint density at radius 2 is 2.08 bits per heavy atom. The first-order chi connectivity index (χ1) is 11.2. The molecule has 1 fully saturated rings. The van der Waals surface area contributed by atoms with Gasteiger partial charge in [0.1, 0.15) is 5.15 Å². The van der Waals surface area contributed by atoms with Gasteiger partial charge >= 0.3 is 6.03 Å². The van der Waals surface area contributed by atoms with Crippen LogP contribution in [0.5, 0.6) is 0 Å². The van der Waals surface area contributed by atoms with Crippen molar-refractivity contribution in [2.75, 3.05) is 27.2 Å². The molecule has 1 aromatic rings. The Labute approximate surface area is 150 Å². The van der Waals surface area contributed by atoms with Gasteiger partial charge in [-0.3, -0.25) is 9.58 Å². The highest BCUT2D eigenvalue weighted by atomic mass is 35.5. The van der Waals surface area contributed by atoms with Crippen molar-refractivity contribution >= 4 is 17.6 Å². The van der Waals surface area contributed by atoms with Crippen molar-refractivity contribution in [1.29, 1.82) is 0 Å². The molecule has 0 spiro atoms. The molecule has 2 atom stereocenters. The Morgan fingerprint density at radius 1 is 1.42 bits per heavy atom. The summed E-state index contributed by atoms with van der Waals surface area (Å²) < 4.78 is 1.75. The summed E-state index contributed by atoms with van der Waals surface area (Å²) >= 11 is 6.43.